The summed E-state index contributed by atoms with van der Waals surface area (Å²) in [6.45, 7) is 0.163. The van der Waals surface area contributed by atoms with Gasteiger partial charge in [0.05, 0.1) is 5.52 Å². The molecule has 2 aromatic heterocycles. The van der Waals surface area contributed by atoms with Crippen LogP contribution in [0, 0.1) is 0 Å². The highest BCUT2D eigenvalue weighted by atomic mass is 16.5. The molecule has 4 aromatic rings. The predicted molar refractivity (Wildman–Crippen MR) is 84.8 cm³/mol. The molecule has 2 heterocycles. The maximum Gasteiger partial charge on any atom is 0.357 e. The second kappa shape index (κ2) is 5.49. The second-order valence-electron chi connectivity index (χ2n) is 5.11. The number of fused-ring (bicyclic) bond motifs is 2. The Hall–Kier alpha value is -3.28. The van der Waals surface area contributed by atoms with Crippen LogP contribution in [-0.2, 0) is 11.3 Å². The van der Waals surface area contributed by atoms with Gasteiger partial charge in [-0.1, -0.05) is 30.3 Å². The molecule has 4 rings (SSSR count). The maximum atomic E-state index is 12.2. The molecule has 0 bridgehead atoms. The van der Waals surface area contributed by atoms with Crippen LogP contribution in [0.2, 0.25) is 0 Å². The molecule has 23 heavy (non-hydrogen) atoms. The number of hydrogen-bond acceptors (Lipinski definition) is 5. The van der Waals surface area contributed by atoms with Crippen molar-refractivity contribution < 1.29 is 9.53 Å². The van der Waals surface area contributed by atoms with Gasteiger partial charge in [-0.15, -0.1) is 0 Å². The minimum Gasteiger partial charge on any atom is -0.456 e. The number of rotatable bonds is 3. The number of aromatic amines is 1. The van der Waals surface area contributed by atoms with E-state index in [4.69, 9.17) is 4.74 Å². The fraction of sp³-hybridized carbons (Fsp3) is 0.0588. The molecule has 1 N–H and O–H groups in total. The van der Waals surface area contributed by atoms with Gasteiger partial charge in [0.25, 0.3) is 0 Å². The first-order chi connectivity index (χ1) is 11.3. The number of ether oxygens (including phenoxy) is 1. The van der Waals surface area contributed by atoms with Gasteiger partial charge < -0.3 is 4.74 Å². The summed E-state index contributed by atoms with van der Waals surface area (Å²) in [6.07, 6.45) is 0. The number of benzene rings is 2. The number of carbonyl (C=O) groups is 1. The molecule has 0 aliphatic heterocycles. The van der Waals surface area contributed by atoms with Gasteiger partial charge in [-0.25, -0.2) is 9.78 Å². The number of carbonyl (C=O) groups excluding carboxylic acids is 1. The molecule has 0 fully saturated rings. The topological polar surface area (TPSA) is 80.8 Å². The van der Waals surface area contributed by atoms with E-state index in [1.165, 1.54) is 0 Å². The highest BCUT2D eigenvalue weighted by Crippen LogP contribution is 2.14. The molecule has 6 nitrogen and oxygen atoms in total. The van der Waals surface area contributed by atoms with Crippen molar-refractivity contribution in [3.05, 3.63) is 65.9 Å². The Morgan fingerprint density at radius 3 is 2.78 bits per heavy atom. The molecule has 0 spiro atoms. The van der Waals surface area contributed by atoms with E-state index in [9.17, 15) is 4.79 Å². The zero-order valence-corrected chi connectivity index (χ0v) is 12.1. The molecule has 0 unspecified atom stereocenters. The van der Waals surface area contributed by atoms with Crippen LogP contribution in [-0.4, -0.2) is 26.4 Å². The highest BCUT2D eigenvalue weighted by Gasteiger charge is 2.10. The largest absolute Gasteiger partial charge is 0.456 e. The van der Waals surface area contributed by atoms with Gasteiger partial charge in [-0.2, -0.15) is 15.4 Å². The Morgan fingerprint density at radius 2 is 1.83 bits per heavy atom. The molecule has 2 aromatic carbocycles. The lowest BCUT2D eigenvalue weighted by Crippen LogP contribution is -2.07. The number of esters is 1. The first-order valence-corrected chi connectivity index (χ1v) is 7.12. The van der Waals surface area contributed by atoms with Crippen LogP contribution in [0.4, 0.5) is 0 Å². The SMILES string of the molecule is O=C(OCc1ccc2n[nH]nc2c1)c1ccc2ccccc2n1. The smallest absolute Gasteiger partial charge is 0.357 e. The summed E-state index contributed by atoms with van der Waals surface area (Å²) < 4.78 is 5.33. The molecule has 0 radical (unpaired) electrons. The lowest BCUT2D eigenvalue weighted by Gasteiger charge is -2.05. The van der Waals surface area contributed by atoms with Gasteiger partial charge in [-0.3, -0.25) is 0 Å². The second-order valence-corrected chi connectivity index (χ2v) is 5.11. The average Bonchev–Trinajstić information content (AvgIpc) is 3.07. The number of hydrogen-bond donors (Lipinski definition) is 1. The van der Waals surface area contributed by atoms with E-state index >= 15 is 0 Å². The number of aromatic nitrogens is 4. The third kappa shape index (κ3) is 2.62. The number of nitrogens with one attached hydrogen (secondary N) is 1. The number of H-pyrrole nitrogens is 1. The summed E-state index contributed by atoms with van der Waals surface area (Å²) in [5.74, 6) is -0.448. The Morgan fingerprint density at radius 1 is 0.957 bits per heavy atom. The summed E-state index contributed by atoms with van der Waals surface area (Å²) in [4.78, 5) is 16.5. The quantitative estimate of drug-likeness (QED) is 0.589. The molecular weight excluding hydrogens is 292 g/mol. The van der Waals surface area contributed by atoms with E-state index in [2.05, 4.69) is 20.4 Å². The minimum atomic E-state index is -0.448. The molecule has 0 atom stereocenters. The Kier molecular flexibility index (Phi) is 3.20. The first-order valence-electron chi connectivity index (χ1n) is 7.12. The monoisotopic (exact) mass is 304 g/mol. The van der Waals surface area contributed by atoms with Gasteiger partial charge in [0.15, 0.2) is 0 Å². The Labute approximate surface area is 131 Å². The average molecular weight is 304 g/mol. The van der Waals surface area contributed by atoms with E-state index in [1.807, 2.05) is 48.5 Å². The molecule has 0 aliphatic rings. The standard InChI is InChI=1S/C17H12N4O2/c22-17(15-8-6-12-3-1-2-4-13(12)18-15)23-10-11-5-7-14-16(9-11)20-21-19-14/h1-9H,10H2,(H,19,20,21). The molecule has 6 heteroatoms. The fourth-order valence-corrected chi connectivity index (χ4v) is 2.38. The summed E-state index contributed by atoms with van der Waals surface area (Å²) in [6, 6.07) is 16.7. The summed E-state index contributed by atoms with van der Waals surface area (Å²) in [7, 11) is 0. The van der Waals surface area contributed by atoms with Crippen molar-refractivity contribution in [2.75, 3.05) is 0 Å². The Balaban J connectivity index is 1.51. The predicted octanol–water partition coefficient (Wildman–Crippen LogP) is 2.86. The van der Waals surface area contributed by atoms with Crippen molar-refractivity contribution in [1.29, 1.82) is 0 Å². The van der Waals surface area contributed by atoms with E-state index < -0.39 is 5.97 Å². The van der Waals surface area contributed by atoms with E-state index in [1.54, 1.807) is 6.07 Å². The summed E-state index contributed by atoms with van der Waals surface area (Å²) in [5.41, 5.74) is 3.43. The highest BCUT2D eigenvalue weighted by molar-refractivity contribution is 5.91. The minimum absolute atomic E-state index is 0.163. The lowest BCUT2D eigenvalue weighted by atomic mass is 10.2. The zero-order chi connectivity index (χ0) is 15.6. The fourth-order valence-electron chi connectivity index (χ4n) is 2.38. The molecular formula is C17H12N4O2. The van der Waals surface area contributed by atoms with Crippen LogP contribution in [0.15, 0.2) is 54.6 Å². The lowest BCUT2D eigenvalue weighted by molar-refractivity contribution is 0.0466. The van der Waals surface area contributed by atoms with Crippen molar-refractivity contribution in [3.8, 4) is 0 Å². The van der Waals surface area contributed by atoms with Crippen molar-refractivity contribution in [3.63, 3.8) is 0 Å². The van der Waals surface area contributed by atoms with Crippen LogP contribution >= 0.6 is 0 Å². The van der Waals surface area contributed by atoms with Gasteiger partial charge in [-0.05, 0) is 29.8 Å². The van der Waals surface area contributed by atoms with Crippen molar-refractivity contribution in [2.45, 2.75) is 6.61 Å². The Bertz CT molecular complexity index is 1010. The molecule has 0 saturated heterocycles. The normalized spacial score (nSPS) is 11.0. The summed E-state index contributed by atoms with van der Waals surface area (Å²) >= 11 is 0. The van der Waals surface area contributed by atoms with Crippen LogP contribution < -0.4 is 0 Å². The van der Waals surface area contributed by atoms with E-state index in [-0.39, 0.29) is 6.61 Å². The number of pyridine rings is 1. The molecule has 0 saturated carbocycles. The van der Waals surface area contributed by atoms with Crippen LogP contribution in [0.1, 0.15) is 16.1 Å². The molecule has 112 valence electrons. The van der Waals surface area contributed by atoms with Crippen molar-refractivity contribution >= 4 is 27.9 Å². The van der Waals surface area contributed by atoms with Crippen LogP contribution in [0.5, 0.6) is 0 Å². The number of nitrogens with zero attached hydrogens (tertiary/aromatic N) is 3. The van der Waals surface area contributed by atoms with Gasteiger partial charge in [0.1, 0.15) is 23.3 Å². The van der Waals surface area contributed by atoms with E-state index in [0.717, 1.165) is 27.5 Å². The van der Waals surface area contributed by atoms with Gasteiger partial charge >= 0.3 is 5.97 Å². The summed E-state index contributed by atoms with van der Waals surface area (Å²) in [5, 5.41) is 11.5. The first kappa shape index (κ1) is 13.4. The van der Waals surface area contributed by atoms with Crippen LogP contribution in [0.25, 0.3) is 21.9 Å². The van der Waals surface area contributed by atoms with Gasteiger partial charge in [0.2, 0.25) is 0 Å². The zero-order valence-electron chi connectivity index (χ0n) is 12.1. The maximum absolute atomic E-state index is 12.2. The van der Waals surface area contributed by atoms with Crippen molar-refractivity contribution in [2.24, 2.45) is 0 Å². The van der Waals surface area contributed by atoms with E-state index in [0.29, 0.717) is 5.69 Å². The van der Waals surface area contributed by atoms with Gasteiger partial charge in [0, 0.05) is 5.39 Å². The third-order valence-electron chi connectivity index (χ3n) is 3.56. The molecule has 0 amide bonds. The number of para-hydroxylation sites is 1. The van der Waals surface area contributed by atoms with Crippen LogP contribution in [0.3, 0.4) is 0 Å². The molecule has 0 aliphatic carbocycles. The van der Waals surface area contributed by atoms with Crippen molar-refractivity contribution in [1.82, 2.24) is 20.4 Å². The third-order valence-corrected chi connectivity index (χ3v) is 3.56.